The summed E-state index contributed by atoms with van der Waals surface area (Å²) in [4.78, 5) is 4.23. The summed E-state index contributed by atoms with van der Waals surface area (Å²) in [6.07, 6.45) is 3.68. The van der Waals surface area contributed by atoms with Gasteiger partial charge in [0.15, 0.2) is 0 Å². The van der Waals surface area contributed by atoms with E-state index in [0.717, 1.165) is 17.2 Å². The molecule has 0 aliphatic carbocycles. The van der Waals surface area contributed by atoms with E-state index in [-0.39, 0.29) is 0 Å². The van der Waals surface area contributed by atoms with Crippen molar-refractivity contribution in [1.29, 1.82) is 0 Å². The number of hydrogen-bond acceptors (Lipinski definition) is 4. The van der Waals surface area contributed by atoms with Gasteiger partial charge in [0, 0.05) is 26.0 Å². The van der Waals surface area contributed by atoms with Crippen molar-refractivity contribution >= 4 is 0 Å². The van der Waals surface area contributed by atoms with E-state index in [4.69, 9.17) is 5.73 Å². The largest absolute Gasteiger partial charge is 0.336 e. The molecule has 2 rings (SSSR count). The minimum absolute atomic E-state index is 0.423. The molecule has 2 aromatic rings. The number of aryl methyl sites for hydroxylation is 1. The third kappa shape index (κ3) is 1.75. The Balaban J connectivity index is 2.25. The Kier molecular flexibility index (Phi) is 2.51. The standard InChI is InChI=1S/C9H14N6/c1-7-8(5-10)12-13-15(7)6-9-11-3-4-14(9)2/h3-4H,5-6,10H2,1-2H3. The van der Waals surface area contributed by atoms with Crippen LogP contribution in [-0.4, -0.2) is 24.5 Å². The Hall–Kier alpha value is -1.69. The van der Waals surface area contributed by atoms with E-state index in [1.54, 1.807) is 6.20 Å². The quantitative estimate of drug-likeness (QED) is 0.756. The molecule has 2 aromatic heterocycles. The van der Waals surface area contributed by atoms with Gasteiger partial charge in [0.25, 0.3) is 0 Å². The zero-order chi connectivity index (χ0) is 10.8. The van der Waals surface area contributed by atoms with Gasteiger partial charge in [-0.15, -0.1) is 5.10 Å². The zero-order valence-electron chi connectivity index (χ0n) is 8.88. The molecule has 6 nitrogen and oxygen atoms in total. The minimum Gasteiger partial charge on any atom is -0.336 e. The topological polar surface area (TPSA) is 74.6 Å². The summed E-state index contributed by atoms with van der Waals surface area (Å²) in [5.41, 5.74) is 7.37. The summed E-state index contributed by atoms with van der Waals surface area (Å²) in [5.74, 6) is 0.951. The van der Waals surface area contributed by atoms with Gasteiger partial charge in [0.05, 0.1) is 11.4 Å². The Morgan fingerprint density at radius 2 is 2.27 bits per heavy atom. The number of rotatable bonds is 3. The molecule has 0 bridgehead atoms. The Bertz CT molecular complexity index is 455. The molecule has 2 N–H and O–H groups in total. The lowest BCUT2D eigenvalue weighted by Gasteiger charge is -2.03. The highest BCUT2D eigenvalue weighted by Crippen LogP contribution is 2.05. The van der Waals surface area contributed by atoms with E-state index in [9.17, 15) is 0 Å². The normalized spacial score (nSPS) is 10.9. The van der Waals surface area contributed by atoms with Crippen molar-refractivity contribution in [3.63, 3.8) is 0 Å². The third-order valence-corrected chi connectivity index (χ3v) is 2.48. The van der Waals surface area contributed by atoms with Crippen molar-refractivity contribution in [1.82, 2.24) is 24.5 Å². The Morgan fingerprint density at radius 3 is 2.80 bits per heavy atom. The first kappa shape index (κ1) is 9.85. The second-order valence-corrected chi connectivity index (χ2v) is 3.44. The summed E-state index contributed by atoms with van der Waals surface area (Å²) in [6.45, 7) is 3.01. The molecule has 0 saturated carbocycles. The first-order valence-corrected chi connectivity index (χ1v) is 4.77. The molecule has 2 heterocycles. The number of aromatic nitrogens is 5. The van der Waals surface area contributed by atoms with Gasteiger partial charge in [-0.05, 0) is 6.92 Å². The van der Waals surface area contributed by atoms with Crippen LogP contribution in [0.5, 0.6) is 0 Å². The highest BCUT2D eigenvalue weighted by atomic mass is 15.4. The lowest BCUT2D eigenvalue weighted by Crippen LogP contribution is -2.09. The highest BCUT2D eigenvalue weighted by molar-refractivity contribution is 5.08. The van der Waals surface area contributed by atoms with Gasteiger partial charge in [-0.1, -0.05) is 5.21 Å². The first-order chi connectivity index (χ1) is 7.22. The van der Waals surface area contributed by atoms with Gasteiger partial charge in [0.1, 0.15) is 12.4 Å². The molecule has 80 valence electrons. The molecule has 0 aliphatic heterocycles. The first-order valence-electron chi connectivity index (χ1n) is 4.77. The van der Waals surface area contributed by atoms with Crippen LogP contribution in [0.2, 0.25) is 0 Å². The van der Waals surface area contributed by atoms with Gasteiger partial charge in [-0.25, -0.2) is 9.67 Å². The summed E-state index contributed by atoms with van der Waals surface area (Å²) >= 11 is 0. The molecule has 0 fully saturated rings. The van der Waals surface area contributed by atoms with Crippen LogP contribution in [0.25, 0.3) is 0 Å². The van der Waals surface area contributed by atoms with Crippen LogP contribution in [0.4, 0.5) is 0 Å². The number of nitrogens with two attached hydrogens (primary N) is 1. The molecule has 0 aromatic carbocycles. The van der Waals surface area contributed by atoms with Crippen molar-refractivity contribution in [2.45, 2.75) is 20.0 Å². The van der Waals surface area contributed by atoms with Crippen LogP contribution < -0.4 is 5.73 Å². The molecule has 0 spiro atoms. The average Bonchev–Trinajstić information content (AvgIpc) is 2.77. The Morgan fingerprint density at radius 1 is 1.47 bits per heavy atom. The number of hydrogen-bond donors (Lipinski definition) is 1. The van der Waals surface area contributed by atoms with Gasteiger partial charge >= 0.3 is 0 Å². The van der Waals surface area contributed by atoms with E-state index in [1.165, 1.54) is 0 Å². The maximum atomic E-state index is 5.53. The van der Waals surface area contributed by atoms with Crippen LogP contribution in [-0.2, 0) is 20.1 Å². The molecular formula is C9H14N6. The van der Waals surface area contributed by atoms with Crippen molar-refractivity contribution in [2.24, 2.45) is 12.8 Å². The van der Waals surface area contributed by atoms with Crippen LogP contribution in [0, 0.1) is 6.92 Å². The third-order valence-electron chi connectivity index (χ3n) is 2.48. The van der Waals surface area contributed by atoms with Crippen LogP contribution in [0.1, 0.15) is 17.2 Å². The van der Waals surface area contributed by atoms with E-state index < -0.39 is 0 Å². The van der Waals surface area contributed by atoms with Crippen molar-refractivity contribution < 1.29 is 0 Å². The molecule has 0 atom stereocenters. The fourth-order valence-electron chi connectivity index (χ4n) is 1.42. The monoisotopic (exact) mass is 206 g/mol. The van der Waals surface area contributed by atoms with Gasteiger partial charge < -0.3 is 10.3 Å². The van der Waals surface area contributed by atoms with Crippen LogP contribution in [0.3, 0.4) is 0 Å². The maximum Gasteiger partial charge on any atom is 0.130 e. The minimum atomic E-state index is 0.423. The number of nitrogens with zero attached hydrogens (tertiary/aromatic N) is 5. The van der Waals surface area contributed by atoms with Gasteiger partial charge in [0.2, 0.25) is 0 Å². The second kappa shape index (κ2) is 3.82. The summed E-state index contributed by atoms with van der Waals surface area (Å²) in [5, 5.41) is 8.03. The van der Waals surface area contributed by atoms with Gasteiger partial charge in [-0.2, -0.15) is 0 Å². The molecule has 0 amide bonds. The highest BCUT2D eigenvalue weighted by Gasteiger charge is 2.08. The molecule has 6 heteroatoms. The summed E-state index contributed by atoms with van der Waals surface area (Å²) < 4.78 is 3.77. The lowest BCUT2D eigenvalue weighted by atomic mass is 10.3. The predicted octanol–water partition coefficient (Wildman–Crippen LogP) is -0.173. The van der Waals surface area contributed by atoms with E-state index in [0.29, 0.717) is 13.1 Å². The smallest absolute Gasteiger partial charge is 0.130 e. The fraction of sp³-hybridized carbons (Fsp3) is 0.444. The second-order valence-electron chi connectivity index (χ2n) is 3.44. The van der Waals surface area contributed by atoms with Crippen molar-refractivity contribution in [3.05, 3.63) is 29.6 Å². The molecule has 0 saturated heterocycles. The average molecular weight is 206 g/mol. The fourth-order valence-corrected chi connectivity index (χ4v) is 1.42. The predicted molar refractivity (Wildman–Crippen MR) is 55.0 cm³/mol. The van der Waals surface area contributed by atoms with E-state index in [2.05, 4.69) is 15.3 Å². The lowest BCUT2D eigenvalue weighted by molar-refractivity contribution is 0.594. The van der Waals surface area contributed by atoms with E-state index in [1.807, 2.05) is 29.4 Å². The number of imidazole rings is 1. The summed E-state index contributed by atoms with van der Waals surface area (Å²) in [6, 6.07) is 0. The van der Waals surface area contributed by atoms with Crippen LogP contribution in [0.15, 0.2) is 12.4 Å². The molecule has 0 radical (unpaired) electrons. The zero-order valence-corrected chi connectivity index (χ0v) is 8.88. The molecule has 0 unspecified atom stereocenters. The van der Waals surface area contributed by atoms with E-state index >= 15 is 0 Å². The maximum absolute atomic E-state index is 5.53. The Labute approximate surface area is 87.7 Å². The molecule has 0 aliphatic rings. The van der Waals surface area contributed by atoms with Crippen LogP contribution >= 0.6 is 0 Å². The molecule has 15 heavy (non-hydrogen) atoms. The van der Waals surface area contributed by atoms with Crippen molar-refractivity contribution in [2.75, 3.05) is 0 Å². The van der Waals surface area contributed by atoms with Crippen molar-refractivity contribution in [3.8, 4) is 0 Å². The SMILES string of the molecule is Cc1c(CN)nnn1Cc1nccn1C. The molecular weight excluding hydrogens is 192 g/mol. The summed E-state index contributed by atoms with van der Waals surface area (Å²) in [7, 11) is 1.96. The van der Waals surface area contributed by atoms with Gasteiger partial charge in [-0.3, -0.25) is 0 Å².